The molecule has 0 bridgehead atoms. The van der Waals surface area contributed by atoms with Gasteiger partial charge in [0, 0.05) is 6.54 Å². The fourth-order valence-corrected chi connectivity index (χ4v) is 2.61. The van der Waals surface area contributed by atoms with Gasteiger partial charge in [-0.05, 0) is 56.3 Å². The van der Waals surface area contributed by atoms with Crippen LogP contribution in [-0.2, 0) is 11.3 Å². The fraction of sp³-hybridized carbons (Fsp3) is 0.350. The van der Waals surface area contributed by atoms with Crippen molar-refractivity contribution >= 4 is 11.6 Å². The molecule has 0 aliphatic carbocycles. The monoisotopic (exact) mass is 360 g/mol. The number of amides is 1. The number of carbonyl (C=O) groups excluding carboxylic acids is 1. The Balaban J connectivity index is 1.95. The van der Waals surface area contributed by atoms with E-state index in [0.717, 1.165) is 11.1 Å². The van der Waals surface area contributed by atoms with E-state index in [-0.39, 0.29) is 18.1 Å². The topological polar surface area (TPSA) is 50.8 Å². The molecule has 2 aromatic carbocycles. The fourth-order valence-electron chi connectivity index (χ4n) is 2.61. The third-order valence-electron chi connectivity index (χ3n) is 3.79. The van der Waals surface area contributed by atoms with Crippen LogP contribution in [0.1, 0.15) is 18.1 Å². The minimum Gasteiger partial charge on any atom is -0.493 e. The van der Waals surface area contributed by atoms with Gasteiger partial charge in [0.25, 0.3) is 0 Å². The highest BCUT2D eigenvalue weighted by Crippen LogP contribution is 2.28. The van der Waals surface area contributed by atoms with Gasteiger partial charge in [-0.15, -0.1) is 0 Å². The third kappa shape index (κ3) is 5.46. The first-order chi connectivity index (χ1) is 12.4. The second-order valence-corrected chi connectivity index (χ2v) is 6.12. The summed E-state index contributed by atoms with van der Waals surface area (Å²) in [5.74, 6) is 0.642. The minimum atomic E-state index is -0.433. The Morgan fingerprint density at radius 1 is 1.19 bits per heavy atom. The first-order valence-electron chi connectivity index (χ1n) is 8.47. The summed E-state index contributed by atoms with van der Waals surface area (Å²) in [5.41, 5.74) is 1.99. The summed E-state index contributed by atoms with van der Waals surface area (Å²) >= 11 is 0. The summed E-state index contributed by atoms with van der Waals surface area (Å²) in [4.78, 5) is 14.0. The predicted octanol–water partition coefficient (Wildman–Crippen LogP) is 3.61. The molecule has 0 saturated carbocycles. The van der Waals surface area contributed by atoms with Crippen molar-refractivity contribution in [3.8, 4) is 11.5 Å². The van der Waals surface area contributed by atoms with Crippen LogP contribution in [0, 0.1) is 12.7 Å². The van der Waals surface area contributed by atoms with Gasteiger partial charge in [-0.25, -0.2) is 4.39 Å². The lowest BCUT2D eigenvalue weighted by molar-refractivity contribution is -0.117. The van der Waals surface area contributed by atoms with Crippen LogP contribution in [-0.4, -0.2) is 38.1 Å². The number of likely N-dealkylation sites (N-methyl/N-ethyl adjacent to an activating group) is 1. The summed E-state index contributed by atoms with van der Waals surface area (Å²) < 4.78 is 24.7. The lowest BCUT2D eigenvalue weighted by Gasteiger charge is -2.18. The number of hydrogen-bond acceptors (Lipinski definition) is 4. The second-order valence-electron chi connectivity index (χ2n) is 6.12. The molecule has 0 atom stereocenters. The SMILES string of the molecule is CCOc1ccc(CN(C)CC(=O)Nc2ccc(C)cc2F)cc1OC. The molecule has 1 N–H and O–H groups in total. The third-order valence-corrected chi connectivity index (χ3v) is 3.79. The van der Waals surface area contributed by atoms with Crippen molar-refractivity contribution in [2.75, 3.05) is 32.6 Å². The highest BCUT2D eigenvalue weighted by molar-refractivity contribution is 5.92. The zero-order chi connectivity index (χ0) is 19.1. The molecule has 0 saturated heterocycles. The Bertz CT molecular complexity index is 765. The van der Waals surface area contributed by atoms with Crippen molar-refractivity contribution in [3.05, 3.63) is 53.3 Å². The maximum atomic E-state index is 13.8. The minimum absolute atomic E-state index is 0.142. The zero-order valence-corrected chi connectivity index (χ0v) is 15.6. The Kier molecular flexibility index (Phi) is 6.97. The van der Waals surface area contributed by atoms with E-state index in [9.17, 15) is 9.18 Å². The van der Waals surface area contributed by atoms with Crippen molar-refractivity contribution in [3.63, 3.8) is 0 Å². The number of anilines is 1. The lowest BCUT2D eigenvalue weighted by atomic mass is 10.2. The Labute approximate surface area is 153 Å². The number of hydrogen-bond donors (Lipinski definition) is 1. The number of halogens is 1. The Morgan fingerprint density at radius 3 is 2.62 bits per heavy atom. The van der Waals surface area contributed by atoms with Crippen molar-refractivity contribution in [1.29, 1.82) is 0 Å². The van der Waals surface area contributed by atoms with Gasteiger partial charge in [0.15, 0.2) is 11.5 Å². The molecule has 2 rings (SSSR count). The quantitative estimate of drug-likeness (QED) is 0.781. The molecular formula is C20H25FN2O3. The molecule has 2 aromatic rings. The summed E-state index contributed by atoms with van der Waals surface area (Å²) in [6.45, 7) is 4.96. The molecule has 0 aliphatic heterocycles. The zero-order valence-electron chi connectivity index (χ0n) is 15.6. The van der Waals surface area contributed by atoms with Crippen LogP contribution in [0.25, 0.3) is 0 Å². The molecule has 0 fully saturated rings. The molecule has 26 heavy (non-hydrogen) atoms. The largest absolute Gasteiger partial charge is 0.493 e. The van der Waals surface area contributed by atoms with Gasteiger partial charge in [0.05, 0.1) is 25.9 Å². The van der Waals surface area contributed by atoms with E-state index in [1.165, 1.54) is 6.07 Å². The van der Waals surface area contributed by atoms with Gasteiger partial charge in [-0.1, -0.05) is 12.1 Å². The maximum Gasteiger partial charge on any atom is 0.238 e. The summed E-state index contributed by atoms with van der Waals surface area (Å²) in [6.07, 6.45) is 0. The molecule has 0 unspecified atom stereocenters. The number of rotatable bonds is 8. The number of methoxy groups -OCH3 is 1. The van der Waals surface area contributed by atoms with Crippen LogP contribution >= 0.6 is 0 Å². The van der Waals surface area contributed by atoms with Gasteiger partial charge in [-0.2, -0.15) is 0 Å². The predicted molar refractivity (Wildman–Crippen MR) is 100 cm³/mol. The highest BCUT2D eigenvalue weighted by Gasteiger charge is 2.12. The van der Waals surface area contributed by atoms with Gasteiger partial charge >= 0.3 is 0 Å². The van der Waals surface area contributed by atoms with E-state index >= 15 is 0 Å². The maximum absolute atomic E-state index is 13.8. The van der Waals surface area contributed by atoms with Crippen LogP contribution in [0.15, 0.2) is 36.4 Å². The highest BCUT2D eigenvalue weighted by atomic mass is 19.1. The number of aryl methyl sites for hydroxylation is 1. The van der Waals surface area contributed by atoms with Crippen molar-refractivity contribution in [2.45, 2.75) is 20.4 Å². The van der Waals surface area contributed by atoms with Gasteiger partial charge in [-0.3, -0.25) is 9.69 Å². The number of benzene rings is 2. The molecule has 0 aliphatic rings. The van der Waals surface area contributed by atoms with E-state index in [4.69, 9.17) is 9.47 Å². The second kappa shape index (κ2) is 9.20. The number of carbonyl (C=O) groups is 1. The van der Waals surface area contributed by atoms with Crippen molar-refractivity contribution in [2.24, 2.45) is 0 Å². The van der Waals surface area contributed by atoms with Gasteiger partial charge in [0.1, 0.15) is 5.82 Å². The molecule has 140 valence electrons. The first-order valence-corrected chi connectivity index (χ1v) is 8.47. The van der Waals surface area contributed by atoms with Crippen LogP contribution in [0.4, 0.5) is 10.1 Å². The van der Waals surface area contributed by atoms with E-state index in [1.54, 1.807) is 26.2 Å². The molecule has 6 heteroatoms. The van der Waals surface area contributed by atoms with Crippen LogP contribution in [0.3, 0.4) is 0 Å². The van der Waals surface area contributed by atoms with Crippen LogP contribution < -0.4 is 14.8 Å². The smallest absolute Gasteiger partial charge is 0.238 e. The van der Waals surface area contributed by atoms with Crippen molar-refractivity contribution in [1.82, 2.24) is 4.90 Å². The first kappa shape index (κ1) is 19.7. The molecule has 1 amide bonds. The number of ether oxygens (including phenoxy) is 2. The molecule has 0 aromatic heterocycles. The lowest BCUT2D eigenvalue weighted by Crippen LogP contribution is -2.30. The van der Waals surface area contributed by atoms with E-state index in [1.807, 2.05) is 37.1 Å². The average Bonchev–Trinajstić information content (AvgIpc) is 2.58. The summed E-state index contributed by atoms with van der Waals surface area (Å²) in [5, 5.41) is 2.60. The Hall–Kier alpha value is -2.60. The summed E-state index contributed by atoms with van der Waals surface area (Å²) in [7, 11) is 3.42. The molecule has 5 nitrogen and oxygen atoms in total. The van der Waals surface area contributed by atoms with E-state index < -0.39 is 5.82 Å². The van der Waals surface area contributed by atoms with E-state index in [0.29, 0.717) is 24.7 Å². The van der Waals surface area contributed by atoms with Crippen molar-refractivity contribution < 1.29 is 18.7 Å². The van der Waals surface area contributed by atoms with Crippen LogP contribution in [0.2, 0.25) is 0 Å². The number of nitrogens with one attached hydrogen (secondary N) is 1. The normalized spacial score (nSPS) is 10.7. The standard InChI is InChI=1S/C20H25FN2O3/c1-5-26-18-9-7-15(11-19(18)25-4)12-23(3)13-20(24)22-17-8-6-14(2)10-16(17)21/h6-11H,5,12-13H2,1-4H3,(H,22,24). The van der Waals surface area contributed by atoms with Gasteiger partial charge in [0.2, 0.25) is 5.91 Å². The summed E-state index contributed by atoms with van der Waals surface area (Å²) in [6, 6.07) is 10.4. The average molecular weight is 360 g/mol. The molecular weight excluding hydrogens is 335 g/mol. The Morgan fingerprint density at radius 2 is 1.96 bits per heavy atom. The van der Waals surface area contributed by atoms with Gasteiger partial charge < -0.3 is 14.8 Å². The van der Waals surface area contributed by atoms with Crippen LogP contribution in [0.5, 0.6) is 11.5 Å². The number of nitrogens with zero attached hydrogens (tertiary/aromatic N) is 1. The molecule has 0 heterocycles. The molecule has 0 spiro atoms. The molecule has 0 radical (unpaired) electrons. The van der Waals surface area contributed by atoms with E-state index in [2.05, 4.69) is 5.32 Å².